The second-order valence-corrected chi connectivity index (χ2v) is 3.52. The minimum absolute atomic E-state index is 0.762. The van der Waals surface area contributed by atoms with Gasteiger partial charge in [-0.3, -0.25) is 0 Å². The molecule has 0 saturated heterocycles. The Bertz CT molecular complexity index is 214. The minimum Gasteiger partial charge on any atom is -0.381 e. The second-order valence-electron chi connectivity index (χ2n) is 3.52. The molecule has 0 aromatic carbocycles. The number of hydrogen-bond acceptors (Lipinski definition) is 3. The van der Waals surface area contributed by atoms with Crippen LogP contribution in [0, 0.1) is 0 Å². The fourth-order valence-electron chi connectivity index (χ4n) is 1.02. The maximum atomic E-state index is 12.0. The summed E-state index contributed by atoms with van der Waals surface area (Å²) in [4.78, 5) is 0. The summed E-state index contributed by atoms with van der Waals surface area (Å²) < 4.78 is 76.1. The van der Waals surface area contributed by atoms with E-state index in [0.717, 1.165) is 13.8 Å². The highest BCUT2D eigenvalue weighted by molar-refractivity contribution is 4.77. The fraction of sp³-hybridized carbons (Fsp3) is 1.00. The topological polar surface area (TPSA) is 49.7 Å². The van der Waals surface area contributed by atoms with Gasteiger partial charge in [-0.05, 0) is 13.8 Å². The van der Waals surface area contributed by atoms with Gasteiger partial charge in [-0.15, -0.1) is 0 Å². The molecule has 0 aromatic rings. The Balaban J connectivity index is 4.45. The van der Waals surface area contributed by atoms with Crippen molar-refractivity contribution < 1.29 is 41.3 Å². The highest BCUT2D eigenvalue weighted by Crippen LogP contribution is 2.27. The van der Waals surface area contributed by atoms with E-state index in [9.17, 15) is 26.3 Å². The van der Waals surface area contributed by atoms with Crippen LogP contribution in [0.4, 0.5) is 26.3 Å². The van der Waals surface area contributed by atoms with Gasteiger partial charge >= 0.3 is 12.4 Å². The second kappa shape index (κ2) is 5.40. The lowest BCUT2D eigenvalue weighted by molar-refractivity contribution is -0.266. The number of hydrogen-bond donors (Lipinski definition) is 2. The molecular weight excluding hydrogens is 258 g/mol. The molecule has 0 bridgehead atoms. The van der Waals surface area contributed by atoms with E-state index in [2.05, 4.69) is 4.74 Å². The van der Waals surface area contributed by atoms with Crippen LogP contribution in [0.15, 0.2) is 0 Å². The van der Waals surface area contributed by atoms with Crippen molar-refractivity contribution in [1.82, 2.24) is 0 Å². The zero-order valence-electron chi connectivity index (χ0n) is 8.88. The lowest BCUT2D eigenvalue weighted by Gasteiger charge is -2.28. The molecule has 4 atom stereocenters. The van der Waals surface area contributed by atoms with Crippen LogP contribution in [-0.4, -0.2) is 47.0 Å². The molecule has 0 saturated carbocycles. The van der Waals surface area contributed by atoms with Crippen LogP contribution < -0.4 is 0 Å². The first-order valence-electron chi connectivity index (χ1n) is 4.52. The predicted molar refractivity (Wildman–Crippen MR) is 44.1 cm³/mol. The average molecular weight is 270 g/mol. The Morgan fingerprint density at radius 3 is 1.18 bits per heavy atom. The van der Waals surface area contributed by atoms with E-state index in [0.29, 0.717) is 0 Å². The molecule has 9 heteroatoms. The number of aliphatic hydroxyl groups excluding tert-OH is 2. The number of aliphatic hydroxyl groups is 2. The molecule has 0 radical (unpaired) electrons. The van der Waals surface area contributed by atoms with Gasteiger partial charge in [-0.2, -0.15) is 26.3 Å². The molecule has 0 spiro atoms. The Kier molecular flexibility index (Phi) is 5.23. The van der Waals surface area contributed by atoms with Crippen LogP contribution in [0.1, 0.15) is 13.8 Å². The fourth-order valence-corrected chi connectivity index (χ4v) is 1.02. The van der Waals surface area contributed by atoms with Gasteiger partial charge in [-0.1, -0.05) is 0 Å². The molecule has 0 aliphatic carbocycles. The van der Waals surface area contributed by atoms with Gasteiger partial charge in [0.2, 0.25) is 0 Å². The van der Waals surface area contributed by atoms with E-state index in [1.807, 2.05) is 0 Å². The standard InChI is InChI=1S/C8H12F6O3/c1-3(5(15)7(9,10)11)17-4(2)6(16)8(12,13)14/h3-6,15-16H,1-2H3. The monoisotopic (exact) mass is 270 g/mol. The van der Waals surface area contributed by atoms with Crippen molar-refractivity contribution in [3.8, 4) is 0 Å². The van der Waals surface area contributed by atoms with Gasteiger partial charge in [0.15, 0.2) is 12.2 Å². The SMILES string of the molecule is CC(OC(C)C(O)C(F)(F)F)C(O)C(F)(F)F. The number of halogens is 6. The normalized spacial score (nSPS) is 20.8. The largest absolute Gasteiger partial charge is 0.416 e. The molecule has 0 aromatic heterocycles. The van der Waals surface area contributed by atoms with Crippen LogP contribution in [0.5, 0.6) is 0 Å². The molecule has 0 aliphatic heterocycles. The lowest BCUT2D eigenvalue weighted by atomic mass is 10.2. The highest BCUT2D eigenvalue weighted by atomic mass is 19.4. The highest BCUT2D eigenvalue weighted by Gasteiger charge is 2.46. The molecule has 0 heterocycles. The Hall–Kier alpha value is -0.540. The molecule has 0 fully saturated rings. The van der Waals surface area contributed by atoms with E-state index in [4.69, 9.17) is 10.2 Å². The zero-order chi connectivity index (χ0) is 14.0. The van der Waals surface area contributed by atoms with E-state index >= 15 is 0 Å². The van der Waals surface area contributed by atoms with E-state index in [1.54, 1.807) is 0 Å². The van der Waals surface area contributed by atoms with Gasteiger partial charge in [0, 0.05) is 0 Å². The molecular formula is C8H12F6O3. The van der Waals surface area contributed by atoms with Gasteiger partial charge in [0.1, 0.15) is 0 Å². The summed E-state index contributed by atoms with van der Waals surface area (Å²) in [5.74, 6) is 0. The summed E-state index contributed by atoms with van der Waals surface area (Å²) in [5.41, 5.74) is 0. The van der Waals surface area contributed by atoms with Crippen LogP contribution in [-0.2, 0) is 4.74 Å². The number of alkyl halides is 6. The van der Waals surface area contributed by atoms with Crippen molar-refractivity contribution in [3.05, 3.63) is 0 Å². The van der Waals surface area contributed by atoms with Crippen molar-refractivity contribution in [2.75, 3.05) is 0 Å². The van der Waals surface area contributed by atoms with Gasteiger partial charge in [-0.25, -0.2) is 0 Å². The first kappa shape index (κ1) is 16.5. The molecule has 2 N–H and O–H groups in total. The summed E-state index contributed by atoms with van der Waals surface area (Å²) in [5, 5.41) is 17.3. The zero-order valence-corrected chi connectivity index (χ0v) is 8.88. The van der Waals surface area contributed by atoms with Crippen LogP contribution in [0.25, 0.3) is 0 Å². The Morgan fingerprint density at radius 2 is 1.00 bits per heavy atom. The third-order valence-corrected chi connectivity index (χ3v) is 1.99. The molecule has 3 nitrogen and oxygen atoms in total. The predicted octanol–water partition coefficient (Wildman–Crippen LogP) is 1.63. The summed E-state index contributed by atoms with van der Waals surface area (Å²) in [6, 6.07) is 0. The molecule has 104 valence electrons. The summed E-state index contributed by atoms with van der Waals surface area (Å²) in [6.07, 6.45) is -19.6. The van der Waals surface area contributed by atoms with Gasteiger partial charge in [0.05, 0.1) is 12.2 Å². The smallest absolute Gasteiger partial charge is 0.381 e. The van der Waals surface area contributed by atoms with Crippen molar-refractivity contribution in [2.45, 2.75) is 50.6 Å². The maximum Gasteiger partial charge on any atom is 0.416 e. The van der Waals surface area contributed by atoms with E-state index in [-0.39, 0.29) is 0 Å². The van der Waals surface area contributed by atoms with Gasteiger partial charge in [0.25, 0.3) is 0 Å². The summed E-state index contributed by atoms with van der Waals surface area (Å²) >= 11 is 0. The lowest BCUT2D eigenvalue weighted by Crippen LogP contribution is -2.46. The number of ether oxygens (including phenoxy) is 1. The first-order valence-corrected chi connectivity index (χ1v) is 4.52. The molecule has 0 rings (SSSR count). The van der Waals surface area contributed by atoms with E-state index < -0.39 is 36.8 Å². The average Bonchev–Trinajstić information content (AvgIpc) is 2.12. The van der Waals surface area contributed by atoms with Crippen LogP contribution >= 0.6 is 0 Å². The Labute approximate surface area is 93.0 Å². The Morgan fingerprint density at radius 1 is 0.765 bits per heavy atom. The maximum absolute atomic E-state index is 12.0. The van der Waals surface area contributed by atoms with Gasteiger partial charge < -0.3 is 14.9 Å². The molecule has 0 aliphatic rings. The van der Waals surface area contributed by atoms with Crippen molar-refractivity contribution in [1.29, 1.82) is 0 Å². The van der Waals surface area contributed by atoms with Crippen molar-refractivity contribution >= 4 is 0 Å². The summed E-state index contributed by atoms with van der Waals surface area (Å²) in [6.45, 7) is 1.52. The molecule has 0 amide bonds. The first-order chi connectivity index (χ1) is 7.37. The van der Waals surface area contributed by atoms with Crippen LogP contribution in [0.2, 0.25) is 0 Å². The van der Waals surface area contributed by atoms with Crippen molar-refractivity contribution in [3.63, 3.8) is 0 Å². The molecule has 17 heavy (non-hydrogen) atoms. The van der Waals surface area contributed by atoms with Crippen LogP contribution in [0.3, 0.4) is 0 Å². The number of rotatable bonds is 4. The summed E-state index contributed by atoms with van der Waals surface area (Å²) in [7, 11) is 0. The molecule has 4 unspecified atom stereocenters. The quantitative estimate of drug-likeness (QED) is 0.763. The van der Waals surface area contributed by atoms with E-state index in [1.165, 1.54) is 0 Å². The van der Waals surface area contributed by atoms with Crippen molar-refractivity contribution in [2.24, 2.45) is 0 Å². The third kappa shape index (κ3) is 5.09. The third-order valence-electron chi connectivity index (χ3n) is 1.99. The minimum atomic E-state index is -5.00.